The summed E-state index contributed by atoms with van der Waals surface area (Å²) in [6.45, 7) is 0. The van der Waals surface area contributed by atoms with Crippen molar-refractivity contribution in [3.8, 4) is 0 Å². The van der Waals surface area contributed by atoms with Crippen molar-refractivity contribution in [3.63, 3.8) is 0 Å². The third kappa shape index (κ3) is 2.35. The van der Waals surface area contributed by atoms with Crippen LogP contribution in [0.2, 0.25) is 0 Å². The number of hydrogen-bond donors (Lipinski definition) is 0. The molecule has 0 amide bonds. The van der Waals surface area contributed by atoms with Crippen LogP contribution in [0.5, 0.6) is 0 Å². The normalized spacial score (nSPS) is 11.2. The molecule has 19 heavy (non-hydrogen) atoms. The maximum absolute atomic E-state index is 12.5. The third-order valence-electron chi connectivity index (χ3n) is 2.78. The quantitative estimate of drug-likeness (QED) is 0.469. The van der Waals surface area contributed by atoms with Crippen LogP contribution < -0.4 is 18.9 Å². The molecule has 1 aromatic heterocycles. The first kappa shape index (κ1) is 13.9. The van der Waals surface area contributed by atoms with E-state index in [0.29, 0.717) is 5.52 Å². The molecule has 0 unspecified atom stereocenters. The van der Waals surface area contributed by atoms with Crippen LogP contribution in [0.15, 0.2) is 65.7 Å². The SMILES string of the molecule is O=S(=O)(c1ccccc1)n1c[c-]c2ccccc21.[Li+]. The van der Waals surface area contributed by atoms with Gasteiger partial charge in [-0.1, -0.05) is 36.5 Å². The first-order chi connectivity index (χ1) is 8.69. The summed E-state index contributed by atoms with van der Waals surface area (Å²) in [6.07, 6.45) is 1.47. The van der Waals surface area contributed by atoms with E-state index in [1.54, 1.807) is 36.4 Å². The second-order valence-corrected chi connectivity index (χ2v) is 5.72. The van der Waals surface area contributed by atoms with Crippen molar-refractivity contribution < 1.29 is 27.3 Å². The van der Waals surface area contributed by atoms with Gasteiger partial charge in [-0.2, -0.15) is 17.5 Å². The number of benzene rings is 2. The number of fused-ring (bicyclic) bond motifs is 1. The van der Waals surface area contributed by atoms with E-state index in [-0.39, 0.29) is 23.8 Å². The topological polar surface area (TPSA) is 39.1 Å². The summed E-state index contributed by atoms with van der Waals surface area (Å²) in [7, 11) is -3.54. The van der Waals surface area contributed by atoms with Gasteiger partial charge in [0.2, 0.25) is 0 Å². The standard InChI is InChI=1S/C14H10NO2S.Li/c16-18(17,13-7-2-1-3-8-13)15-11-10-12-6-4-5-9-14(12)15;/h1-9,11H;/q-1;+1. The number of rotatable bonds is 2. The number of aromatic nitrogens is 1. The monoisotopic (exact) mass is 263 g/mol. The van der Waals surface area contributed by atoms with Gasteiger partial charge in [0, 0.05) is 0 Å². The second kappa shape index (κ2) is 5.26. The average Bonchev–Trinajstić information content (AvgIpc) is 2.84. The summed E-state index contributed by atoms with van der Waals surface area (Å²) in [4.78, 5) is 0.278. The summed E-state index contributed by atoms with van der Waals surface area (Å²) in [6, 6.07) is 18.6. The zero-order valence-electron chi connectivity index (χ0n) is 10.4. The van der Waals surface area contributed by atoms with Crippen molar-refractivity contribution in [1.29, 1.82) is 0 Å². The molecule has 0 aliphatic rings. The van der Waals surface area contributed by atoms with Crippen LogP contribution in [0.1, 0.15) is 0 Å². The first-order valence-corrected chi connectivity index (χ1v) is 6.92. The molecule has 0 N–H and O–H groups in total. The van der Waals surface area contributed by atoms with Gasteiger partial charge in [-0.3, -0.25) is 0 Å². The Bertz CT molecular complexity index is 794. The average molecular weight is 263 g/mol. The zero-order valence-corrected chi connectivity index (χ0v) is 11.3. The molecule has 0 saturated carbocycles. The second-order valence-electron chi connectivity index (χ2n) is 3.90. The predicted molar refractivity (Wildman–Crippen MR) is 69.8 cm³/mol. The molecule has 2 aromatic carbocycles. The van der Waals surface area contributed by atoms with Gasteiger partial charge >= 0.3 is 18.9 Å². The van der Waals surface area contributed by atoms with E-state index in [1.165, 1.54) is 10.2 Å². The molecule has 0 spiro atoms. The molecule has 0 fully saturated rings. The first-order valence-electron chi connectivity index (χ1n) is 5.48. The van der Waals surface area contributed by atoms with E-state index in [0.717, 1.165) is 5.39 Å². The van der Waals surface area contributed by atoms with E-state index in [4.69, 9.17) is 0 Å². The molecule has 0 saturated heterocycles. The number of hydrogen-bond acceptors (Lipinski definition) is 2. The molecular weight excluding hydrogens is 253 g/mol. The van der Waals surface area contributed by atoms with Crippen LogP contribution in [0.25, 0.3) is 10.9 Å². The Morgan fingerprint density at radius 2 is 1.53 bits per heavy atom. The summed E-state index contributed by atoms with van der Waals surface area (Å²) < 4.78 is 26.2. The maximum Gasteiger partial charge on any atom is 1.00 e. The van der Waals surface area contributed by atoms with Gasteiger partial charge in [0.1, 0.15) is 0 Å². The Hall–Kier alpha value is -1.47. The van der Waals surface area contributed by atoms with Crippen molar-refractivity contribution >= 4 is 20.9 Å². The van der Waals surface area contributed by atoms with Gasteiger partial charge in [-0.25, -0.2) is 8.42 Å². The smallest absolute Gasteiger partial charge is 0.307 e. The van der Waals surface area contributed by atoms with E-state index in [9.17, 15) is 8.42 Å². The fourth-order valence-corrected chi connectivity index (χ4v) is 3.23. The van der Waals surface area contributed by atoms with Crippen molar-refractivity contribution in [1.82, 2.24) is 3.97 Å². The molecular formula is C14H10LiNO2S. The fraction of sp³-hybridized carbons (Fsp3) is 0. The predicted octanol–water partition coefficient (Wildman–Crippen LogP) is -0.318. The van der Waals surface area contributed by atoms with Crippen molar-refractivity contribution in [2.45, 2.75) is 4.90 Å². The van der Waals surface area contributed by atoms with Crippen LogP contribution in [-0.4, -0.2) is 12.4 Å². The molecule has 5 heteroatoms. The summed E-state index contributed by atoms with van der Waals surface area (Å²) in [5.41, 5.74) is 0.640. The van der Waals surface area contributed by atoms with Crippen LogP contribution in [0.4, 0.5) is 0 Å². The van der Waals surface area contributed by atoms with Gasteiger partial charge in [-0.15, -0.1) is 6.07 Å². The molecule has 1 heterocycles. The minimum atomic E-state index is -3.54. The van der Waals surface area contributed by atoms with Gasteiger partial charge < -0.3 is 3.97 Å². The van der Waals surface area contributed by atoms with E-state index in [1.807, 2.05) is 18.2 Å². The summed E-state index contributed by atoms with van der Waals surface area (Å²) in [5, 5.41) is 0.789. The van der Waals surface area contributed by atoms with Crippen LogP contribution in [0, 0.1) is 6.07 Å². The molecule has 0 bridgehead atoms. The van der Waals surface area contributed by atoms with E-state index >= 15 is 0 Å². The van der Waals surface area contributed by atoms with Gasteiger partial charge in [0.15, 0.2) is 0 Å². The number of para-hydroxylation sites is 1. The van der Waals surface area contributed by atoms with Crippen molar-refractivity contribution in [2.75, 3.05) is 0 Å². The van der Waals surface area contributed by atoms with Crippen molar-refractivity contribution in [2.24, 2.45) is 0 Å². The number of nitrogens with zero attached hydrogens (tertiary/aromatic N) is 1. The van der Waals surface area contributed by atoms with E-state index < -0.39 is 10.0 Å². The summed E-state index contributed by atoms with van der Waals surface area (Å²) in [5.74, 6) is 0. The molecule has 3 aromatic rings. The Kier molecular flexibility index (Phi) is 3.86. The molecule has 0 radical (unpaired) electrons. The Balaban J connectivity index is 0.00000133. The van der Waals surface area contributed by atoms with Crippen LogP contribution in [-0.2, 0) is 10.0 Å². The summed E-state index contributed by atoms with van der Waals surface area (Å²) >= 11 is 0. The van der Waals surface area contributed by atoms with Gasteiger partial charge in [0.05, 0.1) is 4.90 Å². The Morgan fingerprint density at radius 1 is 0.895 bits per heavy atom. The Labute approximate surface area is 124 Å². The molecule has 90 valence electrons. The van der Waals surface area contributed by atoms with Crippen molar-refractivity contribution in [3.05, 3.63) is 66.9 Å². The molecule has 0 aliphatic heterocycles. The largest absolute Gasteiger partial charge is 1.00 e. The van der Waals surface area contributed by atoms with Gasteiger partial charge in [0.25, 0.3) is 10.0 Å². The third-order valence-corrected chi connectivity index (χ3v) is 4.47. The minimum absolute atomic E-state index is 0. The zero-order chi connectivity index (χ0) is 12.6. The fourth-order valence-electron chi connectivity index (χ4n) is 1.89. The van der Waals surface area contributed by atoms with E-state index in [2.05, 4.69) is 6.07 Å². The Morgan fingerprint density at radius 3 is 2.26 bits per heavy atom. The molecule has 3 nitrogen and oxygen atoms in total. The molecule has 0 aliphatic carbocycles. The minimum Gasteiger partial charge on any atom is -0.307 e. The van der Waals surface area contributed by atoms with Gasteiger partial charge in [-0.05, 0) is 17.6 Å². The van der Waals surface area contributed by atoms with Crippen LogP contribution >= 0.6 is 0 Å². The van der Waals surface area contributed by atoms with Crippen LogP contribution in [0.3, 0.4) is 0 Å². The maximum atomic E-state index is 12.5. The molecule has 0 atom stereocenters. The molecule has 3 rings (SSSR count).